The molecule has 2 N–H and O–H groups in total. The number of hydrogen-bond donors (Lipinski definition) is 2. The third-order valence-corrected chi connectivity index (χ3v) is 3.88. The molecule has 0 saturated carbocycles. The zero-order valence-corrected chi connectivity index (χ0v) is 15.0. The van der Waals surface area contributed by atoms with E-state index in [-0.39, 0.29) is 11.8 Å². The van der Waals surface area contributed by atoms with Crippen molar-refractivity contribution in [3.8, 4) is 5.75 Å². The van der Waals surface area contributed by atoms with Crippen molar-refractivity contribution in [3.63, 3.8) is 0 Å². The first-order chi connectivity index (χ1) is 12.0. The molecular weight excluding hydrogens is 340 g/mol. The van der Waals surface area contributed by atoms with Gasteiger partial charge in [-0.05, 0) is 38.1 Å². The third kappa shape index (κ3) is 5.80. The van der Waals surface area contributed by atoms with Crippen LogP contribution in [0.2, 0.25) is 5.02 Å². The molecule has 25 heavy (non-hydrogen) atoms. The van der Waals surface area contributed by atoms with Gasteiger partial charge in [-0.15, -0.1) is 0 Å². The maximum Gasteiger partial charge on any atom is 0.253 e. The second-order valence-corrected chi connectivity index (χ2v) is 6.03. The van der Waals surface area contributed by atoms with E-state index in [1.807, 2.05) is 31.2 Å². The van der Waals surface area contributed by atoms with Crippen LogP contribution in [0.4, 0.5) is 0 Å². The highest BCUT2D eigenvalue weighted by Gasteiger charge is 2.17. The fourth-order valence-corrected chi connectivity index (χ4v) is 2.34. The van der Waals surface area contributed by atoms with Crippen molar-refractivity contribution in [2.24, 2.45) is 0 Å². The fourth-order valence-electron chi connectivity index (χ4n) is 2.12. The molecule has 0 aliphatic carbocycles. The molecule has 6 heteroatoms. The quantitative estimate of drug-likeness (QED) is 0.746. The number of benzene rings is 2. The smallest absolute Gasteiger partial charge is 0.253 e. The van der Waals surface area contributed by atoms with E-state index >= 15 is 0 Å². The second-order valence-electron chi connectivity index (χ2n) is 5.63. The van der Waals surface area contributed by atoms with Gasteiger partial charge in [0, 0.05) is 0 Å². The number of amides is 2. The predicted molar refractivity (Wildman–Crippen MR) is 98.1 cm³/mol. The van der Waals surface area contributed by atoms with Crippen LogP contribution in [0.25, 0.3) is 0 Å². The third-order valence-electron chi connectivity index (χ3n) is 3.55. The highest BCUT2D eigenvalue weighted by Crippen LogP contribution is 2.14. The first kappa shape index (κ1) is 18.8. The number of nitrogens with one attached hydrogen (secondary N) is 2. The Labute approximate surface area is 152 Å². The molecule has 132 valence electrons. The summed E-state index contributed by atoms with van der Waals surface area (Å²) in [6.45, 7) is 4.31. The first-order valence-corrected chi connectivity index (χ1v) is 8.37. The van der Waals surface area contributed by atoms with E-state index in [0.717, 1.165) is 11.3 Å². The predicted octanol–water partition coefficient (Wildman–Crippen LogP) is 2.96. The maximum atomic E-state index is 12.1. The lowest BCUT2D eigenvalue weighted by molar-refractivity contribution is -0.122. The van der Waals surface area contributed by atoms with Gasteiger partial charge in [0.1, 0.15) is 18.4 Å². The summed E-state index contributed by atoms with van der Waals surface area (Å²) in [5, 5.41) is 5.70. The van der Waals surface area contributed by atoms with Crippen LogP contribution in [0.15, 0.2) is 48.5 Å². The van der Waals surface area contributed by atoms with E-state index in [0.29, 0.717) is 23.7 Å². The van der Waals surface area contributed by atoms with Crippen molar-refractivity contribution in [1.29, 1.82) is 0 Å². The summed E-state index contributed by atoms with van der Waals surface area (Å²) in [4.78, 5) is 24.2. The van der Waals surface area contributed by atoms with Gasteiger partial charge >= 0.3 is 0 Å². The van der Waals surface area contributed by atoms with E-state index in [1.54, 1.807) is 31.2 Å². The van der Waals surface area contributed by atoms with Crippen LogP contribution in [0.1, 0.15) is 22.8 Å². The molecule has 2 aromatic rings. The number of rotatable bonds is 7. The van der Waals surface area contributed by atoms with Gasteiger partial charge in [-0.2, -0.15) is 0 Å². The molecule has 0 aromatic heterocycles. The Kier molecular flexibility index (Phi) is 6.83. The van der Waals surface area contributed by atoms with Gasteiger partial charge in [-0.3, -0.25) is 9.59 Å². The summed E-state index contributed by atoms with van der Waals surface area (Å²) in [5.74, 6) is 0.0805. The van der Waals surface area contributed by atoms with Crippen molar-refractivity contribution in [1.82, 2.24) is 10.6 Å². The maximum absolute atomic E-state index is 12.1. The summed E-state index contributed by atoms with van der Waals surface area (Å²) >= 11 is 5.97. The highest BCUT2D eigenvalue weighted by atomic mass is 35.5. The van der Waals surface area contributed by atoms with E-state index < -0.39 is 6.04 Å². The number of ether oxygens (including phenoxy) is 1. The topological polar surface area (TPSA) is 67.4 Å². The lowest BCUT2D eigenvalue weighted by Crippen LogP contribution is -2.45. The van der Waals surface area contributed by atoms with Gasteiger partial charge in [0.25, 0.3) is 5.91 Å². The molecule has 0 aliphatic rings. The Bertz CT molecular complexity index is 732. The second kappa shape index (κ2) is 9.08. The Balaban J connectivity index is 1.74. The van der Waals surface area contributed by atoms with Crippen molar-refractivity contribution in [2.75, 3.05) is 13.2 Å². The summed E-state index contributed by atoms with van der Waals surface area (Å²) in [5.41, 5.74) is 1.50. The Morgan fingerprint density at radius 2 is 1.80 bits per heavy atom. The Hall–Kier alpha value is -2.53. The highest BCUT2D eigenvalue weighted by molar-refractivity contribution is 6.33. The van der Waals surface area contributed by atoms with Crippen LogP contribution in [-0.2, 0) is 4.79 Å². The Morgan fingerprint density at radius 3 is 2.48 bits per heavy atom. The molecule has 0 spiro atoms. The summed E-state index contributed by atoms with van der Waals surface area (Å²) < 4.78 is 5.54. The molecule has 2 amide bonds. The van der Waals surface area contributed by atoms with Crippen LogP contribution in [0.3, 0.4) is 0 Å². The van der Waals surface area contributed by atoms with Gasteiger partial charge in [-0.25, -0.2) is 0 Å². The van der Waals surface area contributed by atoms with Gasteiger partial charge in [0.05, 0.1) is 17.1 Å². The van der Waals surface area contributed by atoms with Crippen molar-refractivity contribution < 1.29 is 14.3 Å². The molecule has 1 atom stereocenters. The molecular formula is C19H21ClN2O3. The normalized spacial score (nSPS) is 11.5. The molecule has 0 bridgehead atoms. The van der Waals surface area contributed by atoms with Crippen LogP contribution in [0.5, 0.6) is 5.75 Å². The molecule has 0 unspecified atom stereocenters. The summed E-state index contributed by atoms with van der Waals surface area (Å²) in [6.07, 6.45) is 0. The van der Waals surface area contributed by atoms with E-state index in [1.165, 1.54) is 0 Å². The monoisotopic (exact) mass is 360 g/mol. The minimum Gasteiger partial charge on any atom is -0.492 e. The molecule has 0 radical (unpaired) electrons. The zero-order valence-electron chi connectivity index (χ0n) is 14.2. The molecule has 2 rings (SSSR count). The van der Waals surface area contributed by atoms with Crippen LogP contribution in [-0.4, -0.2) is 31.0 Å². The number of halogens is 1. The van der Waals surface area contributed by atoms with Gasteiger partial charge in [-0.1, -0.05) is 41.4 Å². The largest absolute Gasteiger partial charge is 0.492 e. The average Bonchev–Trinajstić information content (AvgIpc) is 2.60. The number of aryl methyl sites for hydroxylation is 1. The van der Waals surface area contributed by atoms with Crippen molar-refractivity contribution >= 4 is 23.4 Å². The first-order valence-electron chi connectivity index (χ1n) is 8.00. The van der Waals surface area contributed by atoms with Crippen molar-refractivity contribution in [3.05, 3.63) is 64.7 Å². The van der Waals surface area contributed by atoms with Gasteiger partial charge in [0.15, 0.2) is 0 Å². The van der Waals surface area contributed by atoms with E-state index in [4.69, 9.17) is 16.3 Å². The molecule has 0 saturated heterocycles. The molecule has 0 aliphatic heterocycles. The molecule has 5 nitrogen and oxygen atoms in total. The van der Waals surface area contributed by atoms with Crippen LogP contribution < -0.4 is 15.4 Å². The number of hydrogen-bond acceptors (Lipinski definition) is 3. The molecule has 2 aromatic carbocycles. The summed E-state index contributed by atoms with van der Waals surface area (Å²) in [7, 11) is 0. The Morgan fingerprint density at radius 1 is 1.12 bits per heavy atom. The standard InChI is InChI=1S/C19H21ClN2O3/c1-13-7-9-15(10-8-13)25-12-11-21-18(23)14(2)22-19(24)16-5-3-4-6-17(16)20/h3-10,14H,11-12H2,1-2H3,(H,21,23)(H,22,24)/t14-/m1/s1. The minimum atomic E-state index is -0.678. The molecule has 0 heterocycles. The van der Waals surface area contributed by atoms with Gasteiger partial charge < -0.3 is 15.4 Å². The lowest BCUT2D eigenvalue weighted by atomic mass is 10.2. The SMILES string of the molecule is Cc1ccc(OCCNC(=O)[C@@H](C)NC(=O)c2ccccc2Cl)cc1. The average molecular weight is 361 g/mol. The zero-order chi connectivity index (χ0) is 18.2. The van der Waals surface area contributed by atoms with Crippen LogP contribution >= 0.6 is 11.6 Å². The lowest BCUT2D eigenvalue weighted by Gasteiger charge is -2.15. The minimum absolute atomic E-state index is 0.284. The number of carbonyl (C=O) groups excluding carboxylic acids is 2. The number of carbonyl (C=O) groups is 2. The van der Waals surface area contributed by atoms with E-state index in [9.17, 15) is 9.59 Å². The van der Waals surface area contributed by atoms with Crippen molar-refractivity contribution in [2.45, 2.75) is 19.9 Å². The van der Waals surface area contributed by atoms with E-state index in [2.05, 4.69) is 10.6 Å². The van der Waals surface area contributed by atoms with Crippen LogP contribution in [0, 0.1) is 6.92 Å². The fraction of sp³-hybridized carbons (Fsp3) is 0.263. The summed E-state index contributed by atoms with van der Waals surface area (Å²) in [6, 6.07) is 13.7. The van der Waals surface area contributed by atoms with Gasteiger partial charge in [0.2, 0.25) is 5.91 Å². The molecule has 0 fully saturated rings.